The Kier molecular flexibility index (Phi) is 7.16. The van der Waals surface area contributed by atoms with Crippen LogP contribution in [0.25, 0.3) is 6.08 Å². The first-order valence-corrected chi connectivity index (χ1v) is 10.9. The summed E-state index contributed by atoms with van der Waals surface area (Å²) < 4.78 is 11.6. The van der Waals surface area contributed by atoms with E-state index in [2.05, 4.69) is 15.9 Å². The molecule has 9 heteroatoms. The Morgan fingerprint density at radius 2 is 1.90 bits per heavy atom. The Labute approximate surface area is 191 Å². The number of ether oxygens (including phenoxy) is 2. The lowest BCUT2D eigenvalue weighted by Gasteiger charge is -2.15. The fraction of sp³-hybridized carbons (Fsp3) is 0.200. The fourth-order valence-electron chi connectivity index (χ4n) is 2.74. The number of hydrogen-bond acceptors (Lipinski definition) is 5. The number of carbonyl (C=O) groups excluding carboxylic acids is 2. The number of halogens is 3. The third-order valence-electron chi connectivity index (χ3n) is 4.09. The smallest absolute Gasteiger partial charge is 0.293 e. The van der Waals surface area contributed by atoms with Crippen LogP contribution >= 0.6 is 50.9 Å². The number of amides is 2. The van der Waals surface area contributed by atoms with Gasteiger partial charge in [0, 0.05) is 15.6 Å². The molecule has 2 aromatic carbocycles. The molecule has 0 radical (unpaired) electrons. The van der Waals surface area contributed by atoms with Crippen molar-refractivity contribution in [1.82, 2.24) is 4.90 Å². The molecule has 0 unspecified atom stereocenters. The van der Waals surface area contributed by atoms with E-state index in [0.717, 1.165) is 16.7 Å². The van der Waals surface area contributed by atoms with E-state index < -0.39 is 5.91 Å². The number of methoxy groups -OCH3 is 1. The summed E-state index contributed by atoms with van der Waals surface area (Å²) in [6.45, 7) is 2.37. The summed E-state index contributed by atoms with van der Waals surface area (Å²) in [5, 5.41) is 0.427. The van der Waals surface area contributed by atoms with Gasteiger partial charge in [-0.3, -0.25) is 14.5 Å². The molecule has 0 N–H and O–H groups in total. The number of hydrogen-bond donors (Lipinski definition) is 0. The van der Waals surface area contributed by atoms with Gasteiger partial charge in [-0.15, -0.1) is 0 Å². The van der Waals surface area contributed by atoms with E-state index in [0.29, 0.717) is 48.7 Å². The SMILES string of the molecule is CCOc1c(Br)cc(/C=C2/SC(=O)N(Cc3c(Cl)cccc3Cl)C2=O)cc1OC. The Morgan fingerprint density at radius 1 is 1.21 bits per heavy atom. The van der Waals surface area contributed by atoms with Crippen molar-refractivity contribution >= 4 is 68.1 Å². The minimum Gasteiger partial charge on any atom is -0.493 e. The van der Waals surface area contributed by atoms with Gasteiger partial charge in [0.2, 0.25) is 0 Å². The standard InChI is InChI=1S/C20H16BrCl2NO4S/c1-3-28-18-13(21)7-11(8-16(18)27-2)9-17-19(25)24(20(26)29-17)10-12-14(22)5-4-6-15(12)23/h4-9H,3,10H2,1-2H3/b17-9+. The van der Waals surface area contributed by atoms with Gasteiger partial charge >= 0.3 is 0 Å². The summed E-state index contributed by atoms with van der Waals surface area (Å²) in [5.74, 6) is 0.697. The maximum Gasteiger partial charge on any atom is 0.293 e. The van der Waals surface area contributed by atoms with E-state index in [9.17, 15) is 9.59 Å². The monoisotopic (exact) mass is 515 g/mol. The molecule has 2 aromatic rings. The predicted molar refractivity (Wildman–Crippen MR) is 120 cm³/mol. The van der Waals surface area contributed by atoms with Gasteiger partial charge in [-0.05, 0) is 70.5 Å². The van der Waals surface area contributed by atoms with Crippen molar-refractivity contribution in [3.05, 3.63) is 60.9 Å². The van der Waals surface area contributed by atoms with Crippen molar-refractivity contribution in [2.45, 2.75) is 13.5 Å². The lowest BCUT2D eigenvalue weighted by Crippen LogP contribution is -2.27. The molecule has 0 aromatic heterocycles. The molecule has 0 spiro atoms. The molecule has 1 heterocycles. The lowest BCUT2D eigenvalue weighted by atomic mass is 10.1. The van der Waals surface area contributed by atoms with Gasteiger partial charge in [0.15, 0.2) is 11.5 Å². The number of benzene rings is 2. The minimum absolute atomic E-state index is 0.0107. The van der Waals surface area contributed by atoms with E-state index in [1.807, 2.05) is 6.92 Å². The molecule has 29 heavy (non-hydrogen) atoms. The predicted octanol–water partition coefficient (Wildman–Crippen LogP) is 6.40. The van der Waals surface area contributed by atoms with Crippen LogP contribution in [0.2, 0.25) is 10.0 Å². The summed E-state index contributed by atoms with van der Waals surface area (Å²) in [6, 6.07) is 8.59. The Morgan fingerprint density at radius 3 is 2.52 bits per heavy atom. The molecule has 1 aliphatic heterocycles. The average Bonchev–Trinajstić information content (AvgIpc) is 2.93. The van der Waals surface area contributed by atoms with Crippen molar-refractivity contribution < 1.29 is 19.1 Å². The Bertz CT molecular complexity index is 992. The average molecular weight is 517 g/mol. The highest BCUT2D eigenvalue weighted by Gasteiger charge is 2.35. The fourth-order valence-corrected chi connectivity index (χ4v) is 4.67. The third-order valence-corrected chi connectivity index (χ3v) is 6.29. The molecule has 3 rings (SSSR count). The number of thioether (sulfide) groups is 1. The largest absolute Gasteiger partial charge is 0.493 e. The van der Waals surface area contributed by atoms with Crippen molar-refractivity contribution in [2.75, 3.05) is 13.7 Å². The summed E-state index contributed by atoms with van der Waals surface area (Å²) in [6.07, 6.45) is 1.64. The normalized spacial score (nSPS) is 15.3. The van der Waals surface area contributed by atoms with Gasteiger partial charge in [0.1, 0.15) is 0 Å². The highest BCUT2D eigenvalue weighted by atomic mass is 79.9. The van der Waals surface area contributed by atoms with Gasteiger partial charge in [0.05, 0.1) is 29.6 Å². The zero-order chi connectivity index (χ0) is 21.1. The Hall–Kier alpha value is -1.67. The molecule has 0 aliphatic carbocycles. The van der Waals surface area contributed by atoms with E-state index in [-0.39, 0.29) is 11.8 Å². The lowest BCUT2D eigenvalue weighted by molar-refractivity contribution is -0.123. The summed E-state index contributed by atoms with van der Waals surface area (Å²) >= 11 is 16.7. The molecule has 152 valence electrons. The third kappa shape index (κ3) is 4.74. The molecule has 5 nitrogen and oxygen atoms in total. The second-order valence-electron chi connectivity index (χ2n) is 5.94. The molecule has 0 saturated carbocycles. The zero-order valence-electron chi connectivity index (χ0n) is 15.5. The van der Waals surface area contributed by atoms with Crippen LogP contribution in [-0.2, 0) is 11.3 Å². The highest BCUT2D eigenvalue weighted by Crippen LogP contribution is 2.39. The molecule has 1 fully saturated rings. The van der Waals surface area contributed by atoms with Gasteiger partial charge in [-0.25, -0.2) is 0 Å². The van der Waals surface area contributed by atoms with Crippen LogP contribution in [0, 0.1) is 0 Å². The maximum absolute atomic E-state index is 12.8. The number of nitrogens with zero attached hydrogens (tertiary/aromatic N) is 1. The highest BCUT2D eigenvalue weighted by molar-refractivity contribution is 9.10. The molecule has 1 aliphatic rings. The van der Waals surface area contributed by atoms with Gasteiger partial charge in [-0.1, -0.05) is 29.3 Å². The molecular weight excluding hydrogens is 501 g/mol. The van der Waals surface area contributed by atoms with Crippen LogP contribution in [0.1, 0.15) is 18.1 Å². The number of imide groups is 1. The maximum atomic E-state index is 12.8. The van der Waals surface area contributed by atoms with Gasteiger partial charge in [-0.2, -0.15) is 0 Å². The van der Waals surface area contributed by atoms with Gasteiger partial charge < -0.3 is 9.47 Å². The summed E-state index contributed by atoms with van der Waals surface area (Å²) in [7, 11) is 1.54. The summed E-state index contributed by atoms with van der Waals surface area (Å²) in [4.78, 5) is 26.7. The molecular formula is C20H16BrCl2NO4S. The summed E-state index contributed by atoms with van der Waals surface area (Å²) in [5.41, 5.74) is 1.23. The van der Waals surface area contributed by atoms with Crippen molar-refractivity contribution in [3.63, 3.8) is 0 Å². The number of carbonyl (C=O) groups is 2. The van der Waals surface area contributed by atoms with Crippen LogP contribution < -0.4 is 9.47 Å². The first-order valence-electron chi connectivity index (χ1n) is 8.54. The second-order valence-corrected chi connectivity index (χ2v) is 8.60. The minimum atomic E-state index is -0.403. The van der Waals surface area contributed by atoms with Crippen LogP contribution in [0.15, 0.2) is 39.7 Å². The van der Waals surface area contributed by atoms with E-state index in [4.69, 9.17) is 32.7 Å². The molecule has 0 bridgehead atoms. The van der Waals surface area contributed by atoms with Gasteiger partial charge in [0.25, 0.3) is 11.1 Å². The molecule has 0 atom stereocenters. The quantitative estimate of drug-likeness (QED) is 0.416. The zero-order valence-corrected chi connectivity index (χ0v) is 19.4. The van der Waals surface area contributed by atoms with Crippen molar-refractivity contribution in [3.8, 4) is 11.5 Å². The van der Waals surface area contributed by atoms with Crippen LogP contribution in [0.3, 0.4) is 0 Å². The first-order chi connectivity index (χ1) is 13.8. The second kappa shape index (κ2) is 9.43. The van der Waals surface area contributed by atoms with Crippen molar-refractivity contribution in [1.29, 1.82) is 0 Å². The molecule has 1 saturated heterocycles. The topological polar surface area (TPSA) is 55.8 Å². The van der Waals surface area contributed by atoms with Crippen LogP contribution in [-0.4, -0.2) is 29.8 Å². The van der Waals surface area contributed by atoms with Crippen molar-refractivity contribution in [2.24, 2.45) is 0 Å². The van der Waals surface area contributed by atoms with Crippen LogP contribution in [0.5, 0.6) is 11.5 Å². The number of rotatable bonds is 6. The Balaban J connectivity index is 1.89. The van der Waals surface area contributed by atoms with E-state index in [1.54, 1.807) is 36.4 Å². The van der Waals surface area contributed by atoms with Crippen LogP contribution in [0.4, 0.5) is 4.79 Å². The first kappa shape index (κ1) is 22.0. The van der Waals surface area contributed by atoms with E-state index in [1.165, 1.54) is 7.11 Å². The molecule has 2 amide bonds. The van der Waals surface area contributed by atoms with E-state index >= 15 is 0 Å².